The van der Waals surface area contributed by atoms with Gasteiger partial charge in [-0.05, 0) is 63.5 Å². The molecule has 0 aromatic heterocycles. The van der Waals surface area contributed by atoms with Gasteiger partial charge in [0.25, 0.3) is 0 Å². The molecule has 3 aliphatic heterocycles. The van der Waals surface area contributed by atoms with E-state index in [2.05, 4.69) is 17.0 Å². The van der Waals surface area contributed by atoms with E-state index in [0.717, 1.165) is 30.1 Å². The molecule has 3 fully saturated rings. The number of carbonyl (C=O) groups excluding carboxylic acids is 2. The van der Waals surface area contributed by atoms with Gasteiger partial charge in [-0.15, -0.1) is 0 Å². The number of esters is 1. The number of ether oxygens (including phenoxy) is 1. The Morgan fingerprint density at radius 1 is 0.906 bits per heavy atom. The summed E-state index contributed by atoms with van der Waals surface area (Å²) in [5.41, 5.74) is 2.11. The predicted octanol–water partition coefficient (Wildman–Crippen LogP) is 4.86. The van der Waals surface area contributed by atoms with Gasteiger partial charge in [-0.2, -0.15) is 0 Å². The highest BCUT2D eigenvalue weighted by Crippen LogP contribution is 2.44. The first-order chi connectivity index (χ1) is 15.7. The Hall–Kier alpha value is -1.88. The van der Waals surface area contributed by atoms with Gasteiger partial charge in [-0.1, -0.05) is 50.3 Å². The van der Waals surface area contributed by atoms with Gasteiger partial charge in [-0.25, -0.2) is 0 Å². The number of fused-ring (bicyclic) bond motifs is 3. The number of piperidine rings is 1. The third-order valence-electron chi connectivity index (χ3n) is 8.41. The minimum atomic E-state index is -0.703. The Kier molecular flexibility index (Phi) is 6.54. The van der Waals surface area contributed by atoms with Crippen LogP contribution in [-0.4, -0.2) is 47.6 Å². The van der Waals surface area contributed by atoms with Crippen molar-refractivity contribution in [2.75, 3.05) is 11.5 Å². The average molecular weight is 439 g/mol. The van der Waals surface area contributed by atoms with Crippen LogP contribution in [0.25, 0.3) is 0 Å². The third kappa shape index (κ3) is 4.09. The van der Waals surface area contributed by atoms with Gasteiger partial charge < -0.3 is 9.64 Å². The number of rotatable bonds is 4. The van der Waals surface area contributed by atoms with Crippen molar-refractivity contribution in [3.63, 3.8) is 0 Å². The smallest absolute Gasteiger partial charge is 0.318 e. The number of carbonyl (C=O) groups is 2. The molecule has 174 valence electrons. The second-order valence-electron chi connectivity index (χ2n) is 10.3. The molecule has 4 aliphatic rings. The topological polar surface area (TPSA) is 49.9 Å². The minimum absolute atomic E-state index is 0.0500. The van der Waals surface area contributed by atoms with Gasteiger partial charge in [0.15, 0.2) is 0 Å². The van der Waals surface area contributed by atoms with E-state index in [4.69, 9.17) is 4.74 Å². The Bertz CT molecular complexity index is 818. The molecule has 32 heavy (non-hydrogen) atoms. The van der Waals surface area contributed by atoms with E-state index in [0.29, 0.717) is 25.1 Å². The molecular weight excluding hydrogens is 400 g/mol. The van der Waals surface area contributed by atoms with Crippen LogP contribution < -0.4 is 4.90 Å². The van der Waals surface area contributed by atoms with E-state index in [1.54, 1.807) is 6.92 Å². The fourth-order valence-electron chi connectivity index (χ4n) is 7.04. The largest absolute Gasteiger partial charge is 0.465 e. The SMILES string of the molecule is CCOC(=O)C1Cc2ccccc2N(C2C[C@H]3CC[C@@H](C2)N3C2CCCCCCC2)C1=O. The summed E-state index contributed by atoms with van der Waals surface area (Å²) in [6.45, 7) is 2.12. The highest BCUT2D eigenvalue weighted by atomic mass is 16.5. The van der Waals surface area contributed by atoms with E-state index in [-0.39, 0.29) is 17.9 Å². The summed E-state index contributed by atoms with van der Waals surface area (Å²) in [5.74, 6) is -1.12. The number of hydrogen-bond acceptors (Lipinski definition) is 4. The van der Waals surface area contributed by atoms with Crippen molar-refractivity contribution in [2.24, 2.45) is 5.92 Å². The quantitative estimate of drug-likeness (QED) is 0.497. The van der Waals surface area contributed by atoms with Crippen LogP contribution >= 0.6 is 0 Å². The number of nitrogens with zero attached hydrogens (tertiary/aromatic N) is 2. The lowest BCUT2D eigenvalue weighted by molar-refractivity contribution is -0.151. The fourth-order valence-corrected chi connectivity index (χ4v) is 7.04. The summed E-state index contributed by atoms with van der Waals surface area (Å²) in [6.07, 6.45) is 14.6. The summed E-state index contributed by atoms with van der Waals surface area (Å²) < 4.78 is 5.28. The molecule has 2 unspecified atom stereocenters. The molecule has 1 aliphatic carbocycles. The summed E-state index contributed by atoms with van der Waals surface area (Å²) >= 11 is 0. The fraction of sp³-hybridized carbons (Fsp3) is 0.704. The van der Waals surface area contributed by atoms with Crippen LogP contribution in [0.15, 0.2) is 24.3 Å². The van der Waals surface area contributed by atoms with E-state index in [1.807, 2.05) is 17.0 Å². The zero-order valence-corrected chi connectivity index (χ0v) is 19.5. The van der Waals surface area contributed by atoms with Gasteiger partial charge in [0.2, 0.25) is 5.91 Å². The van der Waals surface area contributed by atoms with Crippen molar-refractivity contribution in [1.82, 2.24) is 4.90 Å². The summed E-state index contributed by atoms with van der Waals surface area (Å²) in [6, 6.07) is 10.2. The molecule has 1 amide bonds. The third-order valence-corrected chi connectivity index (χ3v) is 8.41. The molecule has 0 N–H and O–H groups in total. The normalized spacial score (nSPS) is 31.7. The van der Waals surface area contributed by atoms with Crippen LogP contribution in [0.5, 0.6) is 0 Å². The maximum atomic E-state index is 13.6. The van der Waals surface area contributed by atoms with Gasteiger partial charge in [0.05, 0.1) is 6.61 Å². The Morgan fingerprint density at radius 2 is 1.56 bits per heavy atom. The van der Waals surface area contributed by atoms with Gasteiger partial charge in [-0.3, -0.25) is 14.5 Å². The molecule has 5 heteroatoms. The number of anilines is 1. The Balaban J connectivity index is 1.38. The van der Waals surface area contributed by atoms with Crippen molar-refractivity contribution in [3.8, 4) is 0 Å². The minimum Gasteiger partial charge on any atom is -0.465 e. The lowest BCUT2D eigenvalue weighted by atomic mass is 9.86. The standard InChI is InChI=1S/C27H38N2O3/c1-2-32-27(31)24-16-19-10-8-9-13-25(19)29(26(24)30)23-17-21-14-15-22(18-23)28(21)20-11-6-4-3-5-7-12-20/h8-10,13,20-24H,2-7,11-12,14-18H2,1H3/t21-,22+,23?,24?. The van der Waals surface area contributed by atoms with Crippen molar-refractivity contribution in [3.05, 3.63) is 29.8 Å². The lowest BCUT2D eigenvalue weighted by Gasteiger charge is -2.48. The zero-order chi connectivity index (χ0) is 22.1. The zero-order valence-electron chi connectivity index (χ0n) is 19.5. The number of benzene rings is 1. The first-order valence-electron chi connectivity index (χ1n) is 13.0. The average Bonchev–Trinajstić information content (AvgIpc) is 3.02. The second-order valence-corrected chi connectivity index (χ2v) is 10.3. The van der Waals surface area contributed by atoms with Crippen molar-refractivity contribution in [1.29, 1.82) is 0 Å². The lowest BCUT2D eigenvalue weighted by Crippen LogP contribution is -2.57. The number of amides is 1. The van der Waals surface area contributed by atoms with E-state index < -0.39 is 5.92 Å². The van der Waals surface area contributed by atoms with Crippen LogP contribution in [0.4, 0.5) is 5.69 Å². The predicted molar refractivity (Wildman–Crippen MR) is 126 cm³/mol. The second kappa shape index (κ2) is 9.54. The van der Waals surface area contributed by atoms with Crippen molar-refractivity contribution in [2.45, 2.75) is 108 Å². The van der Waals surface area contributed by atoms with E-state index in [9.17, 15) is 9.59 Å². The highest BCUT2D eigenvalue weighted by molar-refractivity contribution is 6.09. The monoisotopic (exact) mass is 438 g/mol. The van der Waals surface area contributed by atoms with Gasteiger partial charge >= 0.3 is 5.97 Å². The molecule has 5 rings (SSSR count). The molecule has 0 radical (unpaired) electrons. The van der Waals surface area contributed by atoms with Gasteiger partial charge in [0.1, 0.15) is 5.92 Å². The Labute approximate surface area is 192 Å². The van der Waals surface area contributed by atoms with E-state index in [1.165, 1.54) is 57.8 Å². The number of para-hydroxylation sites is 1. The maximum Gasteiger partial charge on any atom is 0.318 e. The molecule has 2 saturated heterocycles. The molecule has 4 atom stereocenters. The van der Waals surface area contributed by atoms with Crippen molar-refractivity contribution < 1.29 is 14.3 Å². The molecule has 2 bridgehead atoms. The molecular formula is C27H38N2O3. The summed E-state index contributed by atoms with van der Waals surface area (Å²) in [4.78, 5) is 31.1. The summed E-state index contributed by atoms with van der Waals surface area (Å²) in [5, 5.41) is 0. The van der Waals surface area contributed by atoms with Crippen LogP contribution in [0, 0.1) is 5.92 Å². The Morgan fingerprint density at radius 3 is 2.25 bits per heavy atom. The first kappa shape index (κ1) is 21.9. The van der Waals surface area contributed by atoms with Crippen LogP contribution in [0.2, 0.25) is 0 Å². The molecule has 5 nitrogen and oxygen atoms in total. The molecule has 1 saturated carbocycles. The van der Waals surface area contributed by atoms with Crippen molar-refractivity contribution >= 4 is 17.6 Å². The number of hydrogen-bond donors (Lipinski definition) is 0. The summed E-state index contributed by atoms with van der Waals surface area (Å²) in [7, 11) is 0. The highest BCUT2D eigenvalue weighted by Gasteiger charge is 2.48. The maximum absolute atomic E-state index is 13.6. The van der Waals surface area contributed by atoms with Crippen LogP contribution in [0.1, 0.15) is 83.1 Å². The molecule has 1 aromatic rings. The van der Waals surface area contributed by atoms with Crippen LogP contribution in [-0.2, 0) is 20.7 Å². The van der Waals surface area contributed by atoms with E-state index >= 15 is 0 Å². The molecule has 1 aromatic carbocycles. The molecule has 3 heterocycles. The van der Waals surface area contributed by atoms with Gasteiger partial charge in [0, 0.05) is 29.9 Å². The first-order valence-corrected chi connectivity index (χ1v) is 13.0. The van der Waals surface area contributed by atoms with Crippen LogP contribution in [0.3, 0.4) is 0 Å². The molecule has 0 spiro atoms.